The molecule has 4 N–H and O–H groups in total. The standard InChI is InChI=1S/C37H52F3N5O6/c1-24-21-45(25(2)23-46)34(47)31-20-30(42-35(48)41-28-11-6-5-7-12-28)17-18-32(31)51-26(3)10-8-9-19-50-33(24)22-44(4)36(49)43-29-15-13-27(14-16-29)37(38,39)40/h13-18,20,24-26,28,33,46H,5-12,19,21-23H2,1-4H3,(H,43,49)(H2,41,42,48)/t24-,25+,26-,33+/m0/s1. The largest absolute Gasteiger partial charge is 0.490 e. The van der Waals surface area contributed by atoms with Gasteiger partial charge < -0.3 is 40.3 Å². The number of alkyl halides is 3. The van der Waals surface area contributed by atoms with Crippen LogP contribution in [0.5, 0.6) is 5.75 Å². The number of fused-ring (bicyclic) bond motifs is 1. The number of benzene rings is 2. The molecule has 1 aliphatic carbocycles. The lowest BCUT2D eigenvalue weighted by Crippen LogP contribution is -2.48. The molecule has 0 unspecified atom stereocenters. The van der Waals surface area contributed by atoms with E-state index >= 15 is 0 Å². The fraction of sp³-hybridized carbons (Fsp3) is 0.595. The summed E-state index contributed by atoms with van der Waals surface area (Å²) >= 11 is 0. The number of anilines is 2. The monoisotopic (exact) mass is 719 g/mol. The molecule has 1 fully saturated rings. The predicted molar refractivity (Wildman–Crippen MR) is 189 cm³/mol. The van der Waals surface area contributed by atoms with Crippen molar-refractivity contribution in [1.82, 2.24) is 15.1 Å². The van der Waals surface area contributed by atoms with Gasteiger partial charge in [0, 0.05) is 50.1 Å². The third-order valence-electron chi connectivity index (χ3n) is 9.51. The second-order valence-electron chi connectivity index (χ2n) is 13.8. The highest BCUT2D eigenvalue weighted by Crippen LogP contribution is 2.31. The second kappa shape index (κ2) is 18.5. The van der Waals surface area contributed by atoms with Crippen molar-refractivity contribution < 1.29 is 42.1 Å². The summed E-state index contributed by atoms with van der Waals surface area (Å²) in [5.41, 5.74) is 0.0682. The van der Waals surface area contributed by atoms with E-state index in [1.165, 1.54) is 17.0 Å². The molecule has 0 spiro atoms. The minimum atomic E-state index is -4.49. The quantitative estimate of drug-likeness (QED) is 0.241. The average molecular weight is 720 g/mol. The molecule has 4 rings (SSSR count). The lowest BCUT2D eigenvalue weighted by Gasteiger charge is -2.35. The fourth-order valence-corrected chi connectivity index (χ4v) is 6.38. The summed E-state index contributed by atoms with van der Waals surface area (Å²) in [6, 6.07) is 7.84. The highest BCUT2D eigenvalue weighted by atomic mass is 19.4. The molecule has 0 saturated heterocycles. The molecule has 1 saturated carbocycles. The van der Waals surface area contributed by atoms with Crippen LogP contribution >= 0.6 is 0 Å². The van der Waals surface area contributed by atoms with Gasteiger partial charge in [-0.05, 0) is 88.4 Å². The Bertz CT molecular complexity index is 1450. The third kappa shape index (κ3) is 11.7. The van der Waals surface area contributed by atoms with Crippen LogP contribution in [0.4, 0.5) is 34.1 Å². The van der Waals surface area contributed by atoms with Crippen LogP contribution in [0, 0.1) is 5.92 Å². The van der Waals surface area contributed by atoms with Crippen molar-refractivity contribution in [2.75, 3.05) is 44.0 Å². The van der Waals surface area contributed by atoms with E-state index in [1.54, 1.807) is 37.1 Å². The van der Waals surface area contributed by atoms with E-state index < -0.39 is 35.8 Å². The van der Waals surface area contributed by atoms with E-state index in [4.69, 9.17) is 9.47 Å². The Labute approximate surface area is 298 Å². The number of nitrogens with one attached hydrogen (secondary N) is 3. The summed E-state index contributed by atoms with van der Waals surface area (Å²) in [6.07, 6.45) is 2.12. The summed E-state index contributed by atoms with van der Waals surface area (Å²) in [5, 5.41) is 18.7. The van der Waals surface area contributed by atoms with Gasteiger partial charge in [-0.1, -0.05) is 26.2 Å². The Morgan fingerprint density at radius 2 is 1.65 bits per heavy atom. The van der Waals surface area contributed by atoms with E-state index in [9.17, 15) is 32.7 Å². The summed E-state index contributed by atoms with van der Waals surface area (Å²) in [4.78, 5) is 43.3. The first-order valence-corrected chi connectivity index (χ1v) is 17.9. The average Bonchev–Trinajstić information content (AvgIpc) is 3.09. The number of rotatable bonds is 7. The molecule has 2 aliphatic rings. The highest BCUT2D eigenvalue weighted by Gasteiger charge is 2.32. The van der Waals surface area contributed by atoms with Gasteiger partial charge in [-0.25, -0.2) is 9.59 Å². The minimum absolute atomic E-state index is 0.106. The SMILES string of the molecule is C[C@H](CO)N1C[C@H](C)[C@@H](CN(C)C(=O)Nc2ccc(C(F)(F)F)cc2)OCCCC[C@H](C)Oc2ccc(NC(=O)NC3CCCCC3)cc2C1=O. The van der Waals surface area contributed by atoms with Gasteiger partial charge >= 0.3 is 18.2 Å². The maximum absolute atomic E-state index is 14.4. The summed E-state index contributed by atoms with van der Waals surface area (Å²) in [6.45, 7) is 5.93. The molecule has 1 heterocycles. The zero-order valence-electron chi connectivity index (χ0n) is 29.9. The van der Waals surface area contributed by atoms with Crippen molar-refractivity contribution in [3.63, 3.8) is 0 Å². The van der Waals surface area contributed by atoms with Gasteiger partial charge in [-0.3, -0.25) is 4.79 Å². The molecule has 2 aromatic rings. The van der Waals surface area contributed by atoms with Crippen LogP contribution in [-0.2, 0) is 10.9 Å². The highest BCUT2D eigenvalue weighted by molar-refractivity contribution is 5.99. The van der Waals surface area contributed by atoms with E-state index in [0.717, 1.165) is 57.1 Å². The Morgan fingerprint density at radius 3 is 2.31 bits per heavy atom. The number of carbonyl (C=O) groups excluding carboxylic acids is 3. The van der Waals surface area contributed by atoms with Crippen molar-refractivity contribution >= 4 is 29.3 Å². The molecule has 51 heavy (non-hydrogen) atoms. The van der Waals surface area contributed by atoms with Crippen molar-refractivity contribution in [3.8, 4) is 5.75 Å². The Hall–Kier alpha value is -4.04. The van der Waals surface area contributed by atoms with Gasteiger partial charge in [0.15, 0.2) is 0 Å². The zero-order chi connectivity index (χ0) is 37.1. The maximum Gasteiger partial charge on any atom is 0.416 e. The first-order valence-electron chi connectivity index (χ1n) is 17.9. The minimum Gasteiger partial charge on any atom is -0.490 e. The zero-order valence-corrected chi connectivity index (χ0v) is 29.9. The van der Waals surface area contributed by atoms with Crippen LogP contribution < -0.4 is 20.7 Å². The number of ether oxygens (including phenoxy) is 2. The van der Waals surface area contributed by atoms with Gasteiger partial charge in [0.25, 0.3) is 5.91 Å². The number of carbonyl (C=O) groups is 3. The smallest absolute Gasteiger partial charge is 0.416 e. The number of aliphatic hydroxyl groups is 1. The molecule has 4 atom stereocenters. The van der Waals surface area contributed by atoms with Crippen LogP contribution in [-0.4, -0.2) is 90.5 Å². The number of hydrogen-bond acceptors (Lipinski definition) is 6. The third-order valence-corrected chi connectivity index (χ3v) is 9.51. The Kier molecular flexibility index (Phi) is 14.4. The van der Waals surface area contributed by atoms with E-state index in [-0.39, 0.29) is 55.0 Å². The van der Waals surface area contributed by atoms with Crippen molar-refractivity contribution in [2.45, 2.75) is 103 Å². The van der Waals surface area contributed by atoms with Gasteiger partial charge in [-0.2, -0.15) is 13.2 Å². The van der Waals surface area contributed by atoms with Crippen molar-refractivity contribution in [1.29, 1.82) is 0 Å². The summed E-state index contributed by atoms with van der Waals surface area (Å²) in [5.74, 6) is -0.345. The maximum atomic E-state index is 14.4. The lowest BCUT2D eigenvalue weighted by molar-refractivity contribution is -0.137. The van der Waals surface area contributed by atoms with Crippen molar-refractivity contribution in [3.05, 3.63) is 53.6 Å². The fourth-order valence-electron chi connectivity index (χ4n) is 6.38. The number of aliphatic hydroxyl groups excluding tert-OH is 1. The lowest BCUT2D eigenvalue weighted by atomic mass is 9.96. The van der Waals surface area contributed by atoms with Crippen LogP contribution in [0.15, 0.2) is 42.5 Å². The number of likely N-dealkylation sites (N-methyl/N-ethyl adjacent to an activating group) is 1. The van der Waals surface area contributed by atoms with Gasteiger partial charge in [0.2, 0.25) is 0 Å². The molecule has 282 valence electrons. The molecular weight excluding hydrogens is 667 g/mol. The van der Waals surface area contributed by atoms with Crippen LogP contribution in [0.3, 0.4) is 0 Å². The van der Waals surface area contributed by atoms with E-state index in [1.807, 2.05) is 13.8 Å². The summed E-state index contributed by atoms with van der Waals surface area (Å²) < 4.78 is 51.6. The molecule has 11 nitrogen and oxygen atoms in total. The predicted octanol–water partition coefficient (Wildman–Crippen LogP) is 7.12. The van der Waals surface area contributed by atoms with Crippen LogP contribution in [0.25, 0.3) is 0 Å². The number of amides is 5. The van der Waals surface area contributed by atoms with Gasteiger partial charge in [-0.15, -0.1) is 0 Å². The Morgan fingerprint density at radius 1 is 0.980 bits per heavy atom. The molecule has 0 aromatic heterocycles. The first-order chi connectivity index (χ1) is 24.2. The number of urea groups is 2. The van der Waals surface area contributed by atoms with Gasteiger partial charge in [0.1, 0.15) is 5.75 Å². The second-order valence-corrected chi connectivity index (χ2v) is 13.8. The molecule has 5 amide bonds. The molecule has 14 heteroatoms. The summed E-state index contributed by atoms with van der Waals surface area (Å²) in [7, 11) is 1.56. The van der Waals surface area contributed by atoms with E-state index in [0.29, 0.717) is 24.5 Å². The van der Waals surface area contributed by atoms with E-state index in [2.05, 4.69) is 16.0 Å². The normalized spacial score (nSPS) is 21.8. The van der Waals surface area contributed by atoms with Crippen LogP contribution in [0.2, 0.25) is 0 Å². The first kappa shape index (κ1) is 39.7. The topological polar surface area (TPSA) is 132 Å². The number of halogens is 3. The molecule has 0 bridgehead atoms. The van der Waals surface area contributed by atoms with Crippen LogP contribution in [0.1, 0.15) is 88.1 Å². The molecular formula is C37H52F3N5O6. The molecule has 1 aliphatic heterocycles. The Balaban J connectivity index is 1.53. The molecule has 2 aromatic carbocycles. The number of hydrogen-bond donors (Lipinski definition) is 4. The number of nitrogens with zero attached hydrogens (tertiary/aromatic N) is 2. The van der Waals surface area contributed by atoms with Crippen molar-refractivity contribution in [2.24, 2.45) is 5.92 Å². The molecule has 0 radical (unpaired) electrons. The van der Waals surface area contributed by atoms with Gasteiger partial charge in [0.05, 0.1) is 36.0 Å².